The summed E-state index contributed by atoms with van der Waals surface area (Å²) in [5.41, 5.74) is 1.65. The molecule has 0 aliphatic heterocycles. The topological polar surface area (TPSA) is 0 Å². The van der Waals surface area contributed by atoms with Crippen LogP contribution < -0.4 is 0 Å². The third-order valence-electron chi connectivity index (χ3n) is 8.50. The summed E-state index contributed by atoms with van der Waals surface area (Å²) in [5, 5.41) is 0. The average Bonchev–Trinajstić information content (AvgIpc) is 3.71. The van der Waals surface area contributed by atoms with Gasteiger partial charge in [0.1, 0.15) is 0 Å². The quantitative estimate of drug-likeness (QED) is 0.278. The summed E-state index contributed by atoms with van der Waals surface area (Å²) < 4.78 is 0. The lowest BCUT2D eigenvalue weighted by atomic mass is 9.73. The number of hydrogen-bond donors (Lipinski definition) is 0. The molecular weight excluding hydrogens is 372 g/mol. The monoisotopic (exact) mass is 430 g/mol. The van der Waals surface area contributed by atoms with Gasteiger partial charge in [0, 0.05) is 5.92 Å². The maximum Gasteiger partial charge on any atom is 0.000536 e. The van der Waals surface area contributed by atoms with E-state index < -0.39 is 0 Å². The van der Waals surface area contributed by atoms with Crippen LogP contribution in [-0.4, -0.2) is 0 Å². The Hall–Kier alpha value is -0.520. The van der Waals surface area contributed by atoms with Crippen molar-refractivity contribution in [2.24, 2.45) is 41.4 Å². The van der Waals surface area contributed by atoms with E-state index in [-0.39, 0.29) is 0 Å². The molecule has 182 valence electrons. The van der Waals surface area contributed by atoms with Gasteiger partial charge in [-0.2, -0.15) is 0 Å². The molecule has 4 rings (SSSR count). The standard InChI is InChI=1S/C12H20.C9H16.C8H16.C2H6/c1-8-4-5-11(6-9(8)2)12-7-10(12)3;1-2-7-3-4-8-6-9(8)5-7;1-3-5-7-8-6-4-2;1-2/h7-9,11-12H,4-6H2,1-3H3;7-9H,2-6H2,1H3;3H,1,4-8H2,2H3;1-2H3. The van der Waals surface area contributed by atoms with Crippen molar-refractivity contribution in [2.75, 3.05) is 0 Å². The van der Waals surface area contributed by atoms with Gasteiger partial charge >= 0.3 is 0 Å². The maximum atomic E-state index is 3.66. The van der Waals surface area contributed by atoms with Crippen LogP contribution in [0.1, 0.15) is 132 Å². The van der Waals surface area contributed by atoms with Gasteiger partial charge in [0.25, 0.3) is 0 Å². The molecule has 3 fully saturated rings. The highest BCUT2D eigenvalue weighted by Gasteiger charge is 2.41. The van der Waals surface area contributed by atoms with Gasteiger partial charge < -0.3 is 0 Å². The summed E-state index contributed by atoms with van der Waals surface area (Å²) in [5.74, 6) is 7.34. The number of unbranched alkanes of at least 4 members (excludes halogenated alkanes) is 4. The number of fused-ring (bicyclic) bond motifs is 1. The van der Waals surface area contributed by atoms with Crippen molar-refractivity contribution in [2.45, 2.75) is 132 Å². The smallest absolute Gasteiger partial charge is 0.000536 e. The largest absolute Gasteiger partial charge is 0.103 e. The zero-order valence-corrected chi connectivity index (χ0v) is 22.6. The van der Waals surface area contributed by atoms with E-state index in [1.807, 2.05) is 19.9 Å². The molecule has 0 bridgehead atoms. The predicted molar refractivity (Wildman–Crippen MR) is 142 cm³/mol. The Morgan fingerprint density at radius 3 is 2.03 bits per heavy atom. The fourth-order valence-electron chi connectivity index (χ4n) is 5.69. The van der Waals surface area contributed by atoms with E-state index in [1.54, 1.807) is 24.8 Å². The van der Waals surface area contributed by atoms with Crippen molar-refractivity contribution in [3.63, 3.8) is 0 Å². The Balaban J connectivity index is 0.000000229. The predicted octanol–water partition coefficient (Wildman–Crippen LogP) is 10.6. The molecule has 4 aliphatic rings. The molecule has 7 atom stereocenters. The van der Waals surface area contributed by atoms with Crippen LogP contribution >= 0.6 is 0 Å². The molecule has 0 aromatic rings. The molecule has 3 saturated carbocycles. The number of rotatable bonds is 7. The third kappa shape index (κ3) is 11.3. The van der Waals surface area contributed by atoms with E-state index in [2.05, 4.69) is 47.3 Å². The second-order valence-electron chi connectivity index (χ2n) is 10.9. The summed E-state index contributed by atoms with van der Waals surface area (Å²) in [7, 11) is 0. The van der Waals surface area contributed by atoms with Crippen molar-refractivity contribution < 1.29 is 0 Å². The summed E-state index contributed by atoms with van der Waals surface area (Å²) in [6.07, 6.45) is 23.2. The van der Waals surface area contributed by atoms with Crippen molar-refractivity contribution in [1.82, 2.24) is 0 Å². The highest BCUT2D eigenvalue weighted by molar-refractivity contribution is 5.28. The molecule has 0 nitrogen and oxygen atoms in total. The SMILES string of the molecule is C=CCCCCCC.CC.CC1=CC1C1CCC(C)C(C)C1.CCC1CCC2CC2C1. The summed E-state index contributed by atoms with van der Waals surface area (Å²) >= 11 is 0. The normalized spacial score (nSPS) is 34.8. The first-order chi connectivity index (χ1) is 15.0. The summed E-state index contributed by atoms with van der Waals surface area (Å²) in [6.45, 7) is 19.4. The van der Waals surface area contributed by atoms with Crippen molar-refractivity contribution >= 4 is 0 Å². The van der Waals surface area contributed by atoms with Crippen LogP contribution in [0.2, 0.25) is 0 Å². The van der Waals surface area contributed by atoms with E-state index in [0.29, 0.717) is 0 Å². The van der Waals surface area contributed by atoms with E-state index in [1.165, 1.54) is 76.0 Å². The lowest BCUT2D eigenvalue weighted by Gasteiger charge is -2.32. The average molecular weight is 431 g/mol. The Morgan fingerprint density at radius 2 is 1.52 bits per heavy atom. The van der Waals surface area contributed by atoms with Crippen LogP contribution in [0.15, 0.2) is 24.3 Å². The van der Waals surface area contributed by atoms with Crippen LogP contribution in [0.4, 0.5) is 0 Å². The van der Waals surface area contributed by atoms with E-state index >= 15 is 0 Å². The molecule has 0 aromatic carbocycles. The van der Waals surface area contributed by atoms with Crippen LogP contribution in [0.5, 0.6) is 0 Å². The van der Waals surface area contributed by atoms with E-state index in [9.17, 15) is 0 Å². The van der Waals surface area contributed by atoms with Gasteiger partial charge in [0.05, 0.1) is 0 Å². The minimum atomic E-state index is 0.917. The van der Waals surface area contributed by atoms with Gasteiger partial charge in [0.2, 0.25) is 0 Å². The fourth-order valence-corrected chi connectivity index (χ4v) is 5.69. The van der Waals surface area contributed by atoms with Gasteiger partial charge in [-0.05, 0) is 87.4 Å². The Bertz CT molecular complexity index is 486. The Labute approximate surface area is 197 Å². The molecule has 31 heavy (non-hydrogen) atoms. The molecule has 0 aromatic heterocycles. The van der Waals surface area contributed by atoms with Gasteiger partial charge in [-0.25, -0.2) is 0 Å². The van der Waals surface area contributed by atoms with Gasteiger partial charge in [0.15, 0.2) is 0 Å². The number of allylic oxidation sites excluding steroid dienone is 3. The first kappa shape index (κ1) is 28.5. The van der Waals surface area contributed by atoms with Crippen molar-refractivity contribution in [3.05, 3.63) is 24.3 Å². The highest BCUT2D eigenvalue weighted by atomic mass is 14.5. The second-order valence-corrected chi connectivity index (χ2v) is 10.9. The summed E-state index contributed by atoms with van der Waals surface area (Å²) in [6, 6.07) is 0. The molecule has 0 spiro atoms. The molecule has 0 heteroatoms. The summed E-state index contributed by atoms with van der Waals surface area (Å²) in [4.78, 5) is 0. The molecule has 0 heterocycles. The lowest BCUT2D eigenvalue weighted by Crippen LogP contribution is -2.22. The Morgan fingerprint density at radius 1 is 0.839 bits per heavy atom. The van der Waals surface area contributed by atoms with Gasteiger partial charge in [-0.15, -0.1) is 6.58 Å². The molecule has 7 unspecified atom stereocenters. The first-order valence-corrected chi connectivity index (χ1v) is 14.3. The van der Waals surface area contributed by atoms with Crippen LogP contribution in [-0.2, 0) is 0 Å². The van der Waals surface area contributed by atoms with Crippen LogP contribution in [0, 0.1) is 41.4 Å². The van der Waals surface area contributed by atoms with Crippen molar-refractivity contribution in [3.8, 4) is 0 Å². The van der Waals surface area contributed by atoms with Crippen molar-refractivity contribution in [1.29, 1.82) is 0 Å². The minimum Gasteiger partial charge on any atom is -0.103 e. The van der Waals surface area contributed by atoms with Crippen LogP contribution in [0.25, 0.3) is 0 Å². The molecular formula is C31H58. The zero-order valence-electron chi connectivity index (χ0n) is 22.6. The third-order valence-corrected chi connectivity index (χ3v) is 8.50. The number of hydrogen-bond acceptors (Lipinski definition) is 0. The fraction of sp³-hybridized carbons (Fsp3) is 0.871. The van der Waals surface area contributed by atoms with E-state index in [4.69, 9.17) is 0 Å². The van der Waals surface area contributed by atoms with Gasteiger partial charge in [-0.1, -0.05) is 97.8 Å². The van der Waals surface area contributed by atoms with E-state index in [0.717, 1.165) is 29.6 Å². The molecule has 4 aliphatic carbocycles. The molecule has 0 N–H and O–H groups in total. The zero-order chi connectivity index (χ0) is 23.2. The second kappa shape index (κ2) is 16.1. The molecule has 0 radical (unpaired) electrons. The van der Waals surface area contributed by atoms with Gasteiger partial charge in [-0.3, -0.25) is 0 Å². The molecule has 0 amide bonds. The highest BCUT2D eigenvalue weighted by Crippen LogP contribution is 2.51. The lowest BCUT2D eigenvalue weighted by molar-refractivity contribution is 0.196. The Kier molecular flexibility index (Phi) is 14.9. The first-order valence-electron chi connectivity index (χ1n) is 14.3. The molecule has 0 saturated heterocycles. The minimum absolute atomic E-state index is 0.917. The maximum absolute atomic E-state index is 3.66. The van der Waals surface area contributed by atoms with Crippen LogP contribution in [0.3, 0.4) is 0 Å².